The lowest BCUT2D eigenvalue weighted by atomic mass is 9.83. The van der Waals surface area contributed by atoms with Gasteiger partial charge in [0.25, 0.3) is 0 Å². The summed E-state index contributed by atoms with van der Waals surface area (Å²) < 4.78 is 0. The average Bonchev–Trinajstić information content (AvgIpc) is 2.48. The van der Waals surface area contributed by atoms with Gasteiger partial charge in [0.05, 0.1) is 0 Å². The van der Waals surface area contributed by atoms with E-state index < -0.39 is 0 Å². The molecule has 0 aliphatic heterocycles. The van der Waals surface area contributed by atoms with Gasteiger partial charge in [-0.15, -0.1) is 0 Å². The highest BCUT2D eigenvalue weighted by Crippen LogP contribution is 2.31. The molecule has 1 nitrogen and oxygen atoms in total. The Bertz CT molecular complexity index is 406. The zero-order chi connectivity index (χ0) is 15.3. The van der Waals surface area contributed by atoms with Crippen LogP contribution in [0.4, 0.5) is 0 Å². The van der Waals surface area contributed by atoms with Crippen molar-refractivity contribution in [2.75, 3.05) is 7.05 Å². The van der Waals surface area contributed by atoms with Crippen molar-refractivity contribution >= 4 is 0 Å². The molecule has 1 unspecified atom stereocenters. The van der Waals surface area contributed by atoms with Gasteiger partial charge in [0.2, 0.25) is 0 Å². The predicted octanol–water partition coefficient (Wildman–Crippen LogP) is 5.61. The zero-order valence-corrected chi connectivity index (χ0v) is 14.4. The third-order valence-corrected chi connectivity index (χ3v) is 5.12. The molecule has 0 spiro atoms. The summed E-state index contributed by atoms with van der Waals surface area (Å²) in [5.41, 5.74) is 3.12. The predicted molar refractivity (Wildman–Crippen MR) is 92.8 cm³/mol. The Hall–Kier alpha value is -0.820. The minimum Gasteiger partial charge on any atom is -0.313 e. The zero-order valence-electron chi connectivity index (χ0n) is 14.4. The summed E-state index contributed by atoms with van der Waals surface area (Å²) in [7, 11) is 2.10. The number of nitrogens with one attached hydrogen (secondary N) is 1. The second-order valence-corrected chi connectivity index (χ2v) is 7.79. The van der Waals surface area contributed by atoms with Crippen LogP contribution in [-0.2, 0) is 5.41 Å². The molecule has 1 aliphatic carbocycles. The summed E-state index contributed by atoms with van der Waals surface area (Å²) in [6, 6.07) is 9.77. The van der Waals surface area contributed by atoms with Crippen molar-refractivity contribution < 1.29 is 0 Å². The molecule has 1 N–H and O–H groups in total. The molecule has 1 heteroatoms. The minimum atomic E-state index is 0.246. The molecule has 1 aromatic rings. The molecule has 1 atom stereocenters. The van der Waals surface area contributed by atoms with Crippen LogP contribution in [0.5, 0.6) is 0 Å². The molecular formula is C20H33N. The summed E-state index contributed by atoms with van der Waals surface area (Å²) in [4.78, 5) is 0. The molecule has 1 aliphatic rings. The Labute approximate surface area is 131 Å². The van der Waals surface area contributed by atoms with E-state index in [0.29, 0.717) is 6.04 Å². The molecule has 118 valence electrons. The molecule has 0 amide bonds. The van der Waals surface area contributed by atoms with Crippen LogP contribution in [0, 0.1) is 5.92 Å². The monoisotopic (exact) mass is 287 g/mol. The van der Waals surface area contributed by atoms with Crippen LogP contribution in [0.3, 0.4) is 0 Å². The quantitative estimate of drug-likeness (QED) is 0.742. The van der Waals surface area contributed by atoms with Gasteiger partial charge in [0.1, 0.15) is 0 Å². The SMILES string of the molecule is CNC(CCC1CCCCC1)c1ccc(C(C)(C)C)cc1. The fourth-order valence-electron chi connectivity index (χ4n) is 3.57. The fourth-order valence-corrected chi connectivity index (χ4v) is 3.57. The van der Waals surface area contributed by atoms with E-state index in [1.807, 2.05) is 0 Å². The van der Waals surface area contributed by atoms with E-state index >= 15 is 0 Å². The first-order valence-electron chi connectivity index (χ1n) is 8.78. The van der Waals surface area contributed by atoms with E-state index in [0.717, 1.165) is 5.92 Å². The van der Waals surface area contributed by atoms with Gasteiger partial charge in [0, 0.05) is 6.04 Å². The minimum absolute atomic E-state index is 0.246. The van der Waals surface area contributed by atoms with Crippen LogP contribution >= 0.6 is 0 Å². The van der Waals surface area contributed by atoms with Crippen molar-refractivity contribution in [3.05, 3.63) is 35.4 Å². The van der Waals surface area contributed by atoms with Gasteiger partial charge in [-0.3, -0.25) is 0 Å². The van der Waals surface area contributed by atoms with E-state index in [9.17, 15) is 0 Å². The van der Waals surface area contributed by atoms with Gasteiger partial charge in [-0.25, -0.2) is 0 Å². The van der Waals surface area contributed by atoms with Crippen LogP contribution in [0.15, 0.2) is 24.3 Å². The smallest absolute Gasteiger partial charge is 0.0317 e. The van der Waals surface area contributed by atoms with Crippen molar-refractivity contribution in [3.63, 3.8) is 0 Å². The lowest BCUT2D eigenvalue weighted by Crippen LogP contribution is -2.19. The van der Waals surface area contributed by atoms with Crippen molar-refractivity contribution in [2.24, 2.45) is 5.92 Å². The maximum absolute atomic E-state index is 3.52. The first kappa shape index (κ1) is 16.5. The first-order chi connectivity index (χ1) is 10.0. The van der Waals surface area contributed by atoms with Crippen molar-refractivity contribution in [1.82, 2.24) is 5.32 Å². The van der Waals surface area contributed by atoms with Gasteiger partial charge in [0.15, 0.2) is 0 Å². The molecule has 21 heavy (non-hydrogen) atoms. The average molecular weight is 287 g/mol. The Kier molecular flexibility index (Phi) is 5.87. The van der Waals surface area contributed by atoms with Crippen molar-refractivity contribution in [3.8, 4) is 0 Å². The summed E-state index contributed by atoms with van der Waals surface area (Å²) >= 11 is 0. The van der Waals surface area contributed by atoms with Gasteiger partial charge >= 0.3 is 0 Å². The number of hydrogen-bond acceptors (Lipinski definition) is 1. The second kappa shape index (κ2) is 7.45. The normalized spacial score (nSPS) is 18.7. The Morgan fingerprint density at radius 3 is 2.19 bits per heavy atom. The van der Waals surface area contributed by atoms with Gasteiger partial charge < -0.3 is 5.32 Å². The van der Waals surface area contributed by atoms with Crippen LogP contribution in [0.25, 0.3) is 0 Å². The fraction of sp³-hybridized carbons (Fsp3) is 0.700. The summed E-state index contributed by atoms with van der Waals surface area (Å²) in [6.07, 6.45) is 9.94. The van der Waals surface area contributed by atoms with E-state index in [1.165, 1.54) is 56.1 Å². The van der Waals surface area contributed by atoms with Crippen molar-refractivity contribution in [1.29, 1.82) is 0 Å². The topological polar surface area (TPSA) is 12.0 Å². The number of rotatable bonds is 5. The maximum atomic E-state index is 3.52. The molecule has 0 saturated heterocycles. The summed E-state index contributed by atoms with van der Waals surface area (Å²) in [6.45, 7) is 6.84. The Morgan fingerprint density at radius 1 is 1.05 bits per heavy atom. The molecule has 1 fully saturated rings. The van der Waals surface area contributed by atoms with E-state index in [4.69, 9.17) is 0 Å². The third-order valence-electron chi connectivity index (χ3n) is 5.12. The molecule has 1 saturated carbocycles. The van der Waals surface area contributed by atoms with Crippen LogP contribution in [0.1, 0.15) is 82.9 Å². The van der Waals surface area contributed by atoms with E-state index in [1.54, 1.807) is 0 Å². The second-order valence-electron chi connectivity index (χ2n) is 7.79. The standard InChI is InChI=1S/C20H33N/c1-20(2,3)18-13-11-17(12-14-18)19(21-4)15-10-16-8-6-5-7-9-16/h11-14,16,19,21H,5-10,15H2,1-4H3. The van der Waals surface area contributed by atoms with E-state index in [2.05, 4.69) is 57.4 Å². The Balaban J connectivity index is 1.93. The molecule has 1 aromatic carbocycles. The Morgan fingerprint density at radius 2 is 1.67 bits per heavy atom. The highest BCUT2D eigenvalue weighted by molar-refractivity contribution is 5.29. The lowest BCUT2D eigenvalue weighted by Gasteiger charge is -2.25. The van der Waals surface area contributed by atoms with Gasteiger partial charge in [-0.1, -0.05) is 77.1 Å². The largest absolute Gasteiger partial charge is 0.313 e. The number of benzene rings is 1. The molecule has 0 heterocycles. The maximum Gasteiger partial charge on any atom is 0.0317 e. The first-order valence-corrected chi connectivity index (χ1v) is 8.78. The summed E-state index contributed by atoms with van der Waals surface area (Å²) in [5.74, 6) is 0.975. The lowest BCUT2D eigenvalue weighted by molar-refractivity contribution is 0.317. The van der Waals surface area contributed by atoms with Crippen molar-refractivity contribution in [2.45, 2.75) is 77.2 Å². The molecular weight excluding hydrogens is 254 g/mol. The van der Waals surface area contributed by atoms with Gasteiger partial charge in [-0.05, 0) is 42.3 Å². The van der Waals surface area contributed by atoms with Crippen LogP contribution in [-0.4, -0.2) is 7.05 Å². The van der Waals surface area contributed by atoms with Crippen LogP contribution in [0.2, 0.25) is 0 Å². The molecule has 2 rings (SSSR count). The van der Waals surface area contributed by atoms with Crippen LogP contribution < -0.4 is 5.32 Å². The summed E-state index contributed by atoms with van der Waals surface area (Å²) in [5, 5.41) is 3.52. The molecule has 0 radical (unpaired) electrons. The number of hydrogen-bond donors (Lipinski definition) is 1. The van der Waals surface area contributed by atoms with E-state index in [-0.39, 0.29) is 5.41 Å². The molecule has 0 bridgehead atoms. The molecule has 0 aromatic heterocycles. The third kappa shape index (κ3) is 4.85. The highest BCUT2D eigenvalue weighted by Gasteiger charge is 2.18. The highest BCUT2D eigenvalue weighted by atomic mass is 14.9. The van der Waals surface area contributed by atoms with Gasteiger partial charge in [-0.2, -0.15) is 0 Å².